The Kier molecular flexibility index (Phi) is 4.88. The van der Waals surface area contributed by atoms with Gasteiger partial charge in [0, 0.05) is 33.7 Å². The van der Waals surface area contributed by atoms with E-state index in [1.165, 1.54) is 13.2 Å². The minimum Gasteiger partial charge on any atom is -0.466 e. The minimum absolute atomic E-state index is 0.412. The van der Waals surface area contributed by atoms with Gasteiger partial charge in [-0.25, -0.2) is 14.8 Å². The van der Waals surface area contributed by atoms with E-state index in [0.29, 0.717) is 0 Å². The molecule has 0 radical (unpaired) electrons. The van der Waals surface area contributed by atoms with E-state index >= 15 is 0 Å². The van der Waals surface area contributed by atoms with Crippen LogP contribution in [-0.4, -0.2) is 33.0 Å². The molecular weight excluding hydrogens is 400 g/mol. The van der Waals surface area contributed by atoms with Crippen molar-refractivity contribution in [3.05, 3.63) is 83.0 Å². The van der Waals surface area contributed by atoms with Gasteiger partial charge < -0.3 is 14.7 Å². The van der Waals surface area contributed by atoms with Gasteiger partial charge in [-0.2, -0.15) is 0 Å². The van der Waals surface area contributed by atoms with E-state index in [9.17, 15) is 4.79 Å². The lowest BCUT2D eigenvalue weighted by molar-refractivity contribution is -0.134. The maximum atomic E-state index is 11.6. The maximum Gasteiger partial charge on any atom is 0.330 e. The highest BCUT2D eigenvalue weighted by Gasteiger charge is 2.05. The summed E-state index contributed by atoms with van der Waals surface area (Å²) in [6.45, 7) is 3.92. The zero-order valence-corrected chi connectivity index (χ0v) is 17.4. The van der Waals surface area contributed by atoms with Crippen LogP contribution >= 0.6 is 0 Å². The topological polar surface area (TPSA) is 83.7 Å². The number of nitrogens with one attached hydrogen (secondary N) is 2. The fraction of sp³-hybridized carbons (Fsp3) is 0.0385. The van der Waals surface area contributed by atoms with E-state index < -0.39 is 5.97 Å². The zero-order valence-electron chi connectivity index (χ0n) is 17.4. The highest BCUT2D eigenvalue weighted by atomic mass is 16.5. The number of rotatable bonds is 3. The molecule has 0 unspecified atom stereocenters. The second kappa shape index (κ2) is 8.00. The van der Waals surface area contributed by atoms with Gasteiger partial charge in [-0.3, -0.25) is 0 Å². The van der Waals surface area contributed by atoms with Crippen molar-refractivity contribution in [2.24, 2.45) is 0 Å². The molecule has 0 aliphatic carbocycles. The molecule has 5 heterocycles. The van der Waals surface area contributed by atoms with Gasteiger partial charge >= 0.3 is 5.97 Å². The normalized spacial score (nSPS) is 12.4. The molecule has 0 atom stereocenters. The second-order valence-electron chi connectivity index (χ2n) is 7.42. The van der Waals surface area contributed by atoms with Gasteiger partial charge in [0.25, 0.3) is 0 Å². The number of aromatic amines is 2. The number of methoxy groups -OCH3 is 1. The van der Waals surface area contributed by atoms with Gasteiger partial charge in [0.1, 0.15) is 0 Å². The molecule has 2 aliphatic heterocycles. The largest absolute Gasteiger partial charge is 0.466 e. The van der Waals surface area contributed by atoms with Crippen LogP contribution in [0.1, 0.15) is 33.9 Å². The van der Waals surface area contributed by atoms with Crippen molar-refractivity contribution in [1.82, 2.24) is 19.9 Å². The Bertz CT molecular complexity index is 1500. The molecule has 5 rings (SSSR count). The fourth-order valence-corrected chi connectivity index (χ4v) is 3.67. The molecular formula is C26H20N4O2. The zero-order chi connectivity index (χ0) is 22.1. The Balaban J connectivity index is 1.80. The summed E-state index contributed by atoms with van der Waals surface area (Å²) in [5.41, 5.74) is 8.74. The molecule has 0 saturated carbocycles. The first-order chi connectivity index (χ1) is 15.6. The van der Waals surface area contributed by atoms with Crippen LogP contribution in [0, 0.1) is 0 Å². The number of carbonyl (C=O) groups excluding carboxylic acids is 1. The molecule has 3 aromatic rings. The number of hydrogen-bond acceptors (Lipinski definition) is 4. The molecule has 0 amide bonds. The summed E-state index contributed by atoms with van der Waals surface area (Å²) in [6.07, 6.45) is 12.8. The summed E-state index contributed by atoms with van der Waals surface area (Å²) in [4.78, 5) is 27.8. The lowest BCUT2D eigenvalue weighted by atomic mass is 10.2. The third-order valence-electron chi connectivity index (χ3n) is 5.18. The third kappa shape index (κ3) is 3.94. The molecule has 8 bridgehead atoms. The predicted molar refractivity (Wildman–Crippen MR) is 130 cm³/mol. The van der Waals surface area contributed by atoms with Gasteiger partial charge in [-0.1, -0.05) is 12.7 Å². The molecule has 0 spiro atoms. The number of fused-ring (bicyclic) bond motifs is 8. The highest BCUT2D eigenvalue weighted by molar-refractivity contribution is 5.90. The Hall–Kier alpha value is -4.45. The van der Waals surface area contributed by atoms with Crippen LogP contribution in [0.15, 0.2) is 49.1 Å². The van der Waals surface area contributed by atoms with Crippen molar-refractivity contribution in [3.63, 3.8) is 0 Å². The van der Waals surface area contributed by atoms with Gasteiger partial charge in [0.15, 0.2) is 0 Å². The summed E-state index contributed by atoms with van der Waals surface area (Å²) in [5, 5.41) is 0. The SMILES string of the molecule is C=Cc1cc2cc3nc(cc4cc(C=CC(=O)OC)c(cc5nc(cc1[nH]2)C=C5)[nH]4)C=C3. The number of aromatic nitrogens is 4. The molecule has 2 N–H and O–H groups in total. The van der Waals surface area contributed by atoms with Gasteiger partial charge in [-0.15, -0.1) is 0 Å². The van der Waals surface area contributed by atoms with Crippen LogP contribution < -0.4 is 0 Å². The van der Waals surface area contributed by atoms with Gasteiger partial charge in [-0.05, 0) is 72.3 Å². The third-order valence-corrected chi connectivity index (χ3v) is 5.18. The number of nitrogens with zero attached hydrogens (tertiary/aromatic N) is 2. The lowest BCUT2D eigenvalue weighted by Crippen LogP contribution is -1.92. The van der Waals surface area contributed by atoms with E-state index in [2.05, 4.69) is 21.5 Å². The summed E-state index contributed by atoms with van der Waals surface area (Å²) in [6, 6.07) is 11.9. The summed E-state index contributed by atoms with van der Waals surface area (Å²) in [5.74, 6) is -0.412. The average Bonchev–Trinajstić information content (AvgIpc) is 3.56. The number of ether oxygens (including phenoxy) is 1. The Labute approximate surface area is 184 Å². The van der Waals surface area contributed by atoms with Gasteiger partial charge in [0.05, 0.1) is 29.9 Å². The first-order valence-electron chi connectivity index (χ1n) is 10.1. The average molecular weight is 420 g/mol. The van der Waals surface area contributed by atoms with Gasteiger partial charge in [0.2, 0.25) is 0 Å². The monoisotopic (exact) mass is 420 g/mol. The van der Waals surface area contributed by atoms with Crippen molar-refractivity contribution >= 4 is 64.5 Å². The standard InChI is InChI=1S/C26H20N4O2/c1-3-16-10-22-12-18-5-6-19(27-18)13-23-11-17(4-9-26(31)32-2)25(30-23)15-21-8-7-20(28-21)14-24(16)29-22/h3-15,29-30H,1H2,2H3. The molecule has 2 aliphatic rings. The van der Waals surface area contributed by atoms with Crippen molar-refractivity contribution in [2.75, 3.05) is 7.11 Å². The highest BCUT2D eigenvalue weighted by Crippen LogP contribution is 2.22. The summed E-state index contributed by atoms with van der Waals surface area (Å²) in [7, 11) is 1.36. The van der Waals surface area contributed by atoms with Crippen LogP contribution in [0.2, 0.25) is 0 Å². The van der Waals surface area contributed by atoms with E-state index in [0.717, 1.165) is 56.0 Å². The summed E-state index contributed by atoms with van der Waals surface area (Å²) < 4.78 is 4.72. The van der Waals surface area contributed by atoms with Crippen LogP contribution in [0.25, 0.3) is 58.5 Å². The van der Waals surface area contributed by atoms with Crippen molar-refractivity contribution in [1.29, 1.82) is 0 Å². The van der Waals surface area contributed by atoms with Crippen molar-refractivity contribution in [2.45, 2.75) is 0 Å². The van der Waals surface area contributed by atoms with E-state index in [1.54, 1.807) is 6.08 Å². The molecule has 6 heteroatoms. The lowest BCUT2D eigenvalue weighted by Gasteiger charge is -1.90. The maximum absolute atomic E-state index is 11.6. The Morgan fingerprint density at radius 3 is 1.84 bits per heavy atom. The van der Waals surface area contributed by atoms with E-state index in [-0.39, 0.29) is 0 Å². The number of carbonyl (C=O) groups is 1. The quantitative estimate of drug-likeness (QED) is 0.299. The van der Waals surface area contributed by atoms with Crippen LogP contribution in [0.4, 0.5) is 0 Å². The van der Waals surface area contributed by atoms with Crippen molar-refractivity contribution in [3.8, 4) is 0 Å². The summed E-state index contributed by atoms with van der Waals surface area (Å²) >= 11 is 0. The van der Waals surface area contributed by atoms with Crippen LogP contribution in [-0.2, 0) is 9.53 Å². The smallest absolute Gasteiger partial charge is 0.330 e. The number of H-pyrrole nitrogens is 2. The minimum atomic E-state index is -0.412. The fourth-order valence-electron chi connectivity index (χ4n) is 3.67. The van der Waals surface area contributed by atoms with Crippen LogP contribution in [0.5, 0.6) is 0 Å². The first-order valence-corrected chi connectivity index (χ1v) is 10.1. The molecule has 0 fully saturated rings. The van der Waals surface area contributed by atoms with E-state index in [1.807, 2.05) is 66.8 Å². The molecule has 0 aromatic carbocycles. The first kappa shape index (κ1) is 19.5. The predicted octanol–water partition coefficient (Wildman–Crippen LogP) is 5.48. The second-order valence-corrected chi connectivity index (χ2v) is 7.42. The molecule has 32 heavy (non-hydrogen) atoms. The molecule has 6 nitrogen and oxygen atoms in total. The van der Waals surface area contributed by atoms with Crippen LogP contribution in [0.3, 0.4) is 0 Å². The molecule has 0 saturated heterocycles. The van der Waals surface area contributed by atoms with Crippen molar-refractivity contribution < 1.29 is 9.53 Å². The Morgan fingerprint density at radius 1 is 0.812 bits per heavy atom. The Morgan fingerprint density at radius 2 is 1.31 bits per heavy atom. The van der Waals surface area contributed by atoms with E-state index in [4.69, 9.17) is 9.72 Å². The number of hydrogen-bond donors (Lipinski definition) is 2. The molecule has 156 valence electrons. The molecule has 3 aromatic heterocycles. The number of esters is 1.